The number of amides is 2. The maximum atomic E-state index is 12.9. The fourth-order valence-corrected chi connectivity index (χ4v) is 4.22. The molecule has 3 rings (SSSR count). The normalized spacial score (nSPS) is 18.9. The summed E-state index contributed by atoms with van der Waals surface area (Å²) in [5.41, 5.74) is 3.94. The first kappa shape index (κ1) is 19.7. The van der Waals surface area contributed by atoms with Crippen molar-refractivity contribution in [2.24, 2.45) is 11.8 Å². The summed E-state index contributed by atoms with van der Waals surface area (Å²) in [6.45, 7) is 13.0. The molecule has 2 heterocycles. The van der Waals surface area contributed by atoms with E-state index in [4.69, 9.17) is 0 Å². The van der Waals surface area contributed by atoms with Crippen LogP contribution in [0.1, 0.15) is 37.8 Å². The zero-order chi connectivity index (χ0) is 19.6. The van der Waals surface area contributed by atoms with E-state index in [9.17, 15) is 9.59 Å². The highest BCUT2D eigenvalue weighted by Gasteiger charge is 2.32. The summed E-state index contributed by atoms with van der Waals surface area (Å²) < 4.78 is 0. The number of aryl methyl sites for hydroxylation is 1. The van der Waals surface area contributed by atoms with E-state index < -0.39 is 0 Å². The number of likely N-dealkylation sites (tertiary alicyclic amines) is 1. The predicted molar refractivity (Wildman–Crippen MR) is 109 cm³/mol. The number of hydrogen-bond donors (Lipinski definition) is 0. The molecule has 2 fully saturated rings. The second-order valence-corrected chi connectivity index (χ2v) is 8.29. The highest BCUT2D eigenvalue weighted by Crippen LogP contribution is 2.26. The molecule has 1 aromatic rings. The third kappa shape index (κ3) is 4.28. The molecular formula is C22H33N3O2. The SMILES string of the molecule is Cc1cccc(N2CCN(C(=O)C3CCN(C(=O)C(C)C)CC3)CC2)c1C. The van der Waals surface area contributed by atoms with Crippen molar-refractivity contribution in [2.75, 3.05) is 44.2 Å². The van der Waals surface area contributed by atoms with Gasteiger partial charge in [-0.15, -0.1) is 0 Å². The van der Waals surface area contributed by atoms with Crippen LogP contribution >= 0.6 is 0 Å². The van der Waals surface area contributed by atoms with E-state index in [-0.39, 0.29) is 23.7 Å². The lowest BCUT2D eigenvalue weighted by molar-refractivity contribution is -0.142. The Morgan fingerprint density at radius 1 is 0.926 bits per heavy atom. The van der Waals surface area contributed by atoms with Gasteiger partial charge in [-0.3, -0.25) is 9.59 Å². The van der Waals surface area contributed by atoms with Crippen molar-refractivity contribution < 1.29 is 9.59 Å². The number of anilines is 1. The Kier molecular flexibility index (Phi) is 6.08. The maximum Gasteiger partial charge on any atom is 0.225 e. The second kappa shape index (κ2) is 8.32. The minimum Gasteiger partial charge on any atom is -0.368 e. The van der Waals surface area contributed by atoms with E-state index in [1.165, 1.54) is 16.8 Å². The van der Waals surface area contributed by atoms with E-state index in [1.807, 2.05) is 23.6 Å². The zero-order valence-electron chi connectivity index (χ0n) is 17.2. The van der Waals surface area contributed by atoms with Crippen molar-refractivity contribution in [1.29, 1.82) is 0 Å². The molecule has 0 N–H and O–H groups in total. The summed E-state index contributed by atoms with van der Waals surface area (Å²) in [5, 5.41) is 0. The van der Waals surface area contributed by atoms with Crippen LogP contribution in [0.3, 0.4) is 0 Å². The van der Waals surface area contributed by atoms with Crippen molar-refractivity contribution in [3.05, 3.63) is 29.3 Å². The van der Waals surface area contributed by atoms with Crippen LogP contribution in [0.25, 0.3) is 0 Å². The lowest BCUT2D eigenvalue weighted by Gasteiger charge is -2.40. The van der Waals surface area contributed by atoms with Crippen LogP contribution < -0.4 is 4.90 Å². The van der Waals surface area contributed by atoms with Gasteiger partial charge in [0, 0.05) is 56.8 Å². The minimum atomic E-state index is 0.0374. The van der Waals surface area contributed by atoms with Crippen LogP contribution in [0, 0.1) is 25.7 Å². The van der Waals surface area contributed by atoms with Crippen LogP contribution in [-0.2, 0) is 9.59 Å². The number of piperidine rings is 1. The number of carbonyl (C=O) groups excluding carboxylic acids is 2. The van der Waals surface area contributed by atoms with Gasteiger partial charge in [-0.2, -0.15) is 0 Å². The Morgan fingerprint density at radius 3 is 2.15 bits per heavy atom. The highest BCUT2D eigenvalue weighted by atomic mass is 16.2. The maximum absolute atomic E-state index is 12.9. The molecule has 0 saturated carbocycles. The number of rotatable bonds is 3. The van der Waals surface area contributed by atoms with E-state index in [1.54, 1.807) is 0 Å². The van der Waals surface area contributed by atoms with E-state index in [2.05, 4.69) is 36.9 Å². The van der Waals surface area contributed by atoms with Crippen LogP contribution in [-0.4, -0.2) is 60.9 Å². The molecule has 148 valence electrons. The predicted octanol–water partition coefficient (Wildman–Crippen LogP) is 2.85. The highest BCUT2D eigenvalue weighted by molar-refractivity contribution is 5.81. The molecule has 2 saturated heterocycles. The molecule has 0 radical (unpaired) electrons. The number of carbonyl (C=O) groups is 2. The van der Waals surface area contributed by atoms with Crippen LogP contribution in [0.2, 0.25) is 0 Å². The summed E-state index contributed by atoms with van der Waals surface area (Å²) in [5.74, 6) is 0.610. The quantitative estimate of drug-likeness (QED) is 0.821. The zero-order valence-corrected chi connectivity index (χ0v) is 17.2. The lowest BCUT2D eigenvalue weighted by atomic mass is 9.94. The van der Waals surface area contributed by atoms with Gasteiger partial charge in [-0.1, -0.05) is 26.0 Å². The van der Waals surface area contributed by atoms with Crippen molar-refractivity contribution in [3.63, 3.8) is 0 Å². The first-order valence-electron chi connectivity index (χ1n) is 10.3. The topological polar surface area (TPSA) is 43.9 Å². The van der Waals surface area contributed by atoms with Crippen molar-refractivity contribution >= 4 is 17.5 Å². The average Bonchev–Trinajstić information content (AvgIpc) is 2.69. The van der Waals surface area contributed by atoms with Gasteiger partial charge in [0.15, 0.2) is 0 Å². The molecule has 0 bridgehead atoms. The van der Waals surface area contributed by atoms with Gasteiger partial charge in [0.25, 0.3) is 0 Å². The monoisotopic (exact) mass is 371 g/mol. The van der Waals surface area contributed by atoms with Crippen molar-refractivity contribution in [2.45, 2.75) is 40.5 Å². The molecule has 0 aromatic heterocycles. The molecule has 5 nitrogen and oxygen atoms in total. The van der Waals surface area contributed by atoms with Gasteiger partial charge in [0.1, 0.15) is 0 Å². The van der Waals surface area contributed by atoms with E-state index >= 15 is 0 Å². The summed E-state index contributed by atoms with van der Waals surface area (Å²) in [6.07, 6.45) is 1.60. The largest absolute Gasteiger partial charge is 0.368 e. The Labute approximate surface area is 163 Å². The molecule has 0 unspecified atom stereocenters. The van der Waals surface area contributed by atoms with Gasteiger partial charge in [-0.25, -0.2) is 0 Å². The molecule has 27 heavy (non-hydrogen) atoms. The fourth-order valence-electron chi connectivity index (χ4n) is 4.22. The third-order valence-corrected chi connectivity index (χ3v) is 6.16. The lowest BCUT2D eigenvalue weighted by Crippen LogP contribution is -2.52. The molecule has 1 aromatic carbocycles. The smallest absolute Gasteiger partial charge is 0.225 e. The number of hydrogen-bond acceptors (Lipinski definition) is 3. The first-order chi connectivity index (χ1) is 12.9. The van der Waals surface area contributed by atoms with E-state index in [0.717, 1.165) is 52.1 Å². The van der Waals surface area contributed by atoms with Gasteiger partial charge < -0.3 is 14.7 Å². The Bertz CT molecular complexity index is 685. The number of benzene rings is 1. The number of piperazine rings is 1. The summed E-state index contributed by atoms with van der Waals surface area (Å²) in [7, 11) is 0. The molecule has 2 aliphatic rings. The molecule has 0 atom stereocenters. The standard InChI is InChI=1S/C22H33N3O2/c1-16(2)21(26)24-10-8-19(9-11-24)22(27)25-14-12-23(13-15-25)20-7-5-6-17(3)18(20)4/h5-7,16,19H,8-15H2,1-4H3. The van der Waals surface area contributed by atoms with Gasteiger partial charge in [0.2, 0.25) is 11.8 Å². The minimum absolute atomic E-state index is 0.0374. The Morgan fingerprint density at radius 2 is 1.56 bits per heavy atom. The summed E-state index contributed by atoms with van der Waals surface area (Å²) >= 11 is 0. The Hall–Kier alpha value is -2.04. The molecule has 5 heteroatoms. The average molecular weight is 372 g/mol. The molecule has 0 spiro atoms. The van der Waals surface area contributed by atoms with Gasteiger partial charge in [0.05, 0.1) is 0 Å². The molecule has 0 aliphatic carbocycles. The van der Waals surface area contributed by atoms with Crippen LogP contribution in [0.4, 0.5) is 5.69 Å². The van der Waals surface area contributed by atoms with Gasteiger partial charge >= 0.3 is 0 Å². The molecular weight excluding hydrogens is 338 g/mol. The van der Waals surface area contributed by atoms with Crippen molar-refractivity contribution in [1.82, 2.24) is 9.80 Å². The van der Waals surface area contributed by atoms with Crippen LogP contribution in [0.5, 0.6) is 0 Å². The Balaban J connectivity index is 1.52. The van der Waals surface area contributed by atoms with Crippen LogP contribution in [0.15, 0.2) is 18.2 Å². The van der Waals surface area contributed by atoms with Crippen molar-refractivity contribution in [3.8, 4) is 0 Å². The second-order valence-electron chi connectivity index (χ2n) is 8.29. The first-order valence-corrected chi connectivity index (χ1v) is 10.3. The van der Waals surface area contributed by atoms with E-state index in [0.29, 0.717) is 0 Å². The summed E-state index contributed by atoms with van der Waals surface area (Å²) in [6, 6.07) is 6.44. The fraction of sp³-hybridized carbons (Fsp3) is 0.636. The van der Waals surface area contributed by atoms with Gasteiger partial charge in [-0.05, 0) is 43.9 Å². The molecule has 2 aliphatic heterocycles. The third-order valence-electron chi connectivity index (χ3n) is 6.16. The summed E-state index contributed by atoms with van der Waals surface area (Å²) in [4.78, 5) is 31.4. The number of nitrogens with zero attached hydrogens (tertiary/aromatic N) is 3. The molecule has 2 amide bonds.